The monoisotopic (exact) mass is 316 g/mol. The molecule has 1 aliphatic rings. The second-order valence-corrected chi connectivity index (χ2v) is 6.15. The van der Waals surface area contributed by atoms with Gasteiger partial charge in [0, 0.05) is 38.4 Å². The van der Waals surface area contributed by atoms with Crippen molar-refractivity contribution in [2.24, 2.45) is 0 Å². The number of carbonyl (C=O) groups is 1. The first kappa shape index (κ1) is 16.0. The van der Waals surface area contributed by atoms with Gasteiger partial charge in [0.2, 0.25) is 0 Å². The highest BCUT2D eigenvalue weighted by atomic mass is 16.3. The third-order valence-electron chi connectivity index (χ3n) is 4.67. The SMILES string of the molecule is CCC(CO)N1CCN(C(=O)c2cnc3ccc(C)cn23)CC1. The fourth-order valence-corrected chi connectivity index (χ4v) is 3.20. The molecule has 3 heterocycles. The predicted octanol–water partition coefficient (Wildman–Crippen LogP) is 1.17. The van der Waals surface area contributed by atoms with Gasteiger partial charge >= 0.3 is 0 Å². The Hall–Kier alpha value is -1.92. The summed E-state index contributed by atoms with van der Waals surface area (Å²) in [6, 6.07) is 4.12. The largest absolute Gasteiger partial charge is 0.395 e. The first-order chi connectivity index (χ1) is 11.1. The maximum absolute atomic E-state index is 12.8. The van der Waals surface area contributed by atoms with Gasteiger partial charge in [-0.1, -0.05) is 13.0 Å². The van der Waals surface area contributed by atoms with Gasteiger partial charge in [-0.05, 0) is 25.0 Å². The van der Waals surface area contributed by atoms with Gasteiger partial charge in [-0.3, -0.25) is 14.1 Å². The summed E-state index contributed by atoms with van der Waals surface area (Å²) in [5.74, 6) is 0.0276. The Morgan fingerprint density at radius 3 is 2.70 bits per heavy atom. The molecule has 0 radical (unpaired) electrons. The van der Waals surface area contributed by atoms with E-state index in [1.807, 2.05) is 34.6 Å². The predicted molar refractivity (Wildman–Crippen MR) is 88.6 cm³/mol. The number of pyridine rings is 1. The molecule has 1 unspecified atom stereocenters. The smallest absolute Gasteiger partial charge is 0.272 e. The zero-order valence-electron chi connectivity index (χ0n) is 13.8. The van der Waals surface area contributed by atoms with Gasteiger partial charge in [0.1, 0.15) is 11.3 Å². The van der Waals surface area contributed by atoms with Gasteiger partial charge in [0.25, 0.3) is 5.91 Å². The lowest BCUT2D eigenvalue weighted by atomic mass is 10.1. The number of rotatable bonds is 4. The zero-order valence-corrected chi connectivity index (χ0v) is 13.8. The Morgan fingerprint density at radius 1 is 1.30 bits per heavy atom. The molecule has 0 aromatic carbocycles. The van der Waals surface area contributed by atoms with Crippen molar-refractivity contribution in [2.75, 3.05) is 32.8 Å². The highest BCUT2D eigenvalue weighted by Gasteiger charge is 2.26. The Balaban J connectivity index is 1.73. The van der Waals surface area contributed by atoms with Gasteiger partial charge < -0.3 is 10.0 Å². The van der Waals surface area contributed by atoms with Crippen LogP contribution in [0.5, 0.6) is 0 Å². The molecule has 1 atom stereocenters. The van der Waals surface area contributed by atoms with E-state index in [4.69, 9.17) is 0 Å². The second kappa shape index (κ2) is 6.68. The Kier molecular flexibility index (Phi) is 4.63. The van der Waals surface area contributed by atoms with E-state index in [-0.39, 0.29) is 18.6 Å². The van der Waals surface area contributed by atoms with E-state index < -0.39 is 0 Å². The summed E-state index contributed by atoms with van der Waals surface area (Å²) in [6.45, 7) is 7.26. The van der Waals surface area contributed by atoms with E-state index in [9.17, 15) is 9.90 Å². The Labute approximate surface area is 136 Å². The number of piperazine rings is 1. The van der Waals surface area contributed by atoms with Crippen LogP contribution in [0.25, 0.3) is 5.65 Å². The lowest BCUT2D eigenvalue weighted by Gasteiger charge is -2.38. The number of imidazole rings is 1. The molecule has 1 aliphatic heterocycles. The molecule has 1 saturated heterocycles. The first-order valence-electron chi connectivity index (χ1n) is 8.22. The van der Waals surface area contributed by atoms with Crippen LogP contribution in [0.4, 0.5) is 0 Å². The molecule has 2 aromatic rings. The molecule has 1 N–H and O–H groups in total. The van der Waals surface area contributed by atoms with Crippen LogP contribution in [0, 0.1) is 6.92 Å². The molecular formula is C17H24N4O2. The fourth-order valence-electron chi connectivity index (χ4n) is 3.20. The van der Waals surface area contributed by atoms with Crippen molar-refractivity contribution in [3.05, 3.63) is 35.8 Å². The van der Waals surface area contributed by atoms with E-state index in [1.54, 1.807) is 6.20 Å². The Morgan fingerprint density at radius 2 is 2.04 bits per heavy atom. The number of aliphatic hydroxyl groups is 1. The Bertz CT molecular complexity index is 685. The van der Waals surface area contributed by atoms with E-state index in [2.05, 4.69) is 16.8 Å². The lowest BCUT2D eigenvalue weighted by molar-refractivity contribution is 0.0467. The summed E-state index contributed by atoms with van der Waals surface area (Å²) in [5, 5.41) is 9.41. The average molecular weight is 316 g/mol. The van der Waals surface area contributed by atoms with Gasteiger partial charge in [0.05, 0.1) is 12.8 Å². The van der Waals surface area contributed by atoms with Crippen LogP contribution < -0.4 is 0 Å². The number of carbonyl (C=O) groups excluding carboxylic acids is 1. The van der Waals surface area contributed by atoms with E-state index in [0.717, 1.165) is 30.7 Å². The van der Waals surface area contributed by atoms with Crippen molar-refractivity contribution in [2.45, 2.75) is 26.3 Å². The van der Waals surface area contributed by atoms with Crippen molar-refractivity contribution >= 4 is 11.6 Å². The lowest BCUT2D eigenvalue weighted by Crippen LogP contribution is -2.52. The molecule has 0 bridgehead atoms. The molecule has 1 fully saturated rings. The third-order valence-corrected chi connectivity index (χ3v) is 4.67. The molecule has 0 saturated carbocycles. The van der Waals surface area contributed by atoms with Crippen LogP contribution in [0.2, 0.25) is 0 Å². The van der Waals surface area contributed by atoms with Crippen molar-refractivity contribution in [1.29, 1.82) is 0 Å². The van der Waals surface area contributed by atoms with Crippen LogP contribution in [0.3, 0.4) is 0 Å². The number of aryl methyl sites for hydroxylation is 1. The van der Waals surface area contributed by atoms with Gasteiger partial charge in [-0.15, -0.1) is 0 Å². The molecule has 23 heavy (non-hydrogen) atoms. The number of aliphatic hydroxyl groups excluding tert-OH is 1. The first-order valence-corrected chi connectivity index (χ1v) is 8.22. The normalized spacial score (nSPS) is 17.6. The standard InChI is InChI=1S/C17H24N4O2/c1-3-14(12-22)19-6-8-20(9-7-19)17(23)15-10-18-16-5-4-13(2)11-21(15)16/h4-5,10-11,14,22H,3,6-9,12H2,1-2H3. The van der Waals surface area contributed by atoms with Crippen LogP contribution in [0.15, 0.2) is 24.5 Å². The van der Waals surface area contributed by atoms with Gasteiger partial charge in [0.15, 0.2) is 0 Å². The highest BCUT2D eigenvalue weighted by molar-refractivity contribution is 5.93. The minimum Gasteiger partial charge on any atom is -0.395 e. The van der Waals surface area contributed by atoms with Crippen molar-refractivity contribution in [3.63, 3.8) is 0 Å². The molecular weight excluding hydrogens is 292 g/mol. The van der Waals surface area contributed by atoms with Gasteiger partial charge in [-0.25, -0.2) is 4.98 Å². The number of fused-ring (bicyclic) bond motifs is 1. The zero-order chi connectivity index (χ0) is 16.4. The minimum atomic E-state index is 0.0276. The van der Waals surface area contributed by atoms with Crippen LogP contribution >= 0.6 is 0 Å². The number of nitrogens with zero attached hydrogens (tertiary/aromatic N) is 4. The van der Waals surface area contributed by atoms with Crippen molar-refractivity contribution in [3.8, 4) is 0 Å². The molecule has 2 aromatic heterocycles. The second-order valence-electron chi connectivity index (χ2n) is 6.15. The molecule has 1 amide bonds. The molecule has 6 nitrogen and oxygen atoms in total. The average Bonchev–Trinajstić information content (AvgIpc) is 2.99. The molecule has 0 spiro atoms. The molecule has 6 heteroatoms. The quantitative estimate of drug-likeness (QED) is 0.920. The summed E-state index contributed by atoms with van der Waals surface area (Å²) < 4.78 is 1.87. The van der Waals surface area contributed by atoms with Gasteiger partial charge in [-0.2, -0.15) is 0 Å². The van der Waals surface area contributed by atoms with Crippen LogP contribution in [-0.2, 0) is 0 Å². The number of hydrogen-bond acceptors (Lipinski definition) is 4. The molecule has 3 rings (SSSR count). The maximum Gasteiger partial charge on any atom is 0.272 e. The number of aromatic nitrogens is 2. The molecule has 124 valence electrons. The summed E-state index contributed by atoms with van der Waals surface area (Å²) in [6.07, 6.45) is 4.54. The van der Waals surface area contributed by atoms with E-state index in [1.165, 1.54) is 0 Å². The van der Waals surface area contributed by atoms with Crippen LogP contribution in [0.1, 0.15) is 29.4 Å². The van der Waals surface area contributed by atoms with Crippen molar-refractivity contribution < 1.29 is 9.90 Å². The minimum absolute atomic E-state index is 0.0276. The van der Waals surface area contributed by atoms with Crippen LogP contribution in [-0.4, -0.2) is 69.0 Å². The van der Waals surface area contributed by atoms with Crippen molar-refractivity contribution in [1.82, 2.24) is 19.2 Å². The topological polar surface area (TPSA) is 61.1 Å². The summed E-state index contributed by atoms with van der Waals surface area (Å²) in [5.41, 5.74) is 2.51. The summed E-state index contributed by atoms with van der Waals surface area (Å²) >= 11 is 0. The summed E-state index contributed by atoms with van der Waals surface area (Å²) in [7, 11) is 0. The third kappa shape index (κ3) is 3.09. The molecule has 0 aliphatic carbocycles. The van der Waals surface area contributed by atoms with E-state index in [0.29, 0.717) is 18.8 Å². The fraction of sp³-hybridized carbons (Fsp3) is 0.529. The van der Waals surface area contributed by atoms with E-state index >= 15 is 0 Å². The highest BCUT2D eigenvalue weighted by Crippen LogP contribution is 2.14. The summed E-state index contributed by atoms with van der Waals surface area (Å²) in [4.78, 5) is 21.3. The maximum atomic E-state index is 12.8. The number of hydrogen-bond donors (Lipinski definition) is 1. The number of amides is 1.